The van der Waals surface area contributed by atoms with Gasteiger partial charge in [-0.2, -0.15) is 18.2 Å². The summed E-state index contributed by atoms with van der Waals surface area (Å²) in [6.07, 6.45) is -3.12. The summed E-state index contributed by atoms with van der Waals surface area (Å²) in [6, 6.07) is 9.30. The van der Waals surface area contributed by atoms with Crippen molar-refractivity contribution < 1.29 is 18.0 Å². The molecule has 1 aliphatic rings. The Kier molecular flexibility index (Phi) is 4.52. The first-order chi connectivity index (χ1) is 11.4. The van der Waals surface area contributed by atoms with Crippen LogP contribution in [0.1, 0.15) is 24.2 Å². The molecule has 1 aromatic carbocycles. The number of amides is 1. The highest BCUT2D eigenvalue weighted by molar-refractivity contribution is 5.93. The van der Waals surface area contributed by atoms with Gasteiger partial charge in [0.05, 0.1) is 6.04 Å². The van der Waals surface area contributed by atoms with Gasteiger partial charge < -0.3 is 0 Å². The van der Waals surface area contributed by atoms with Crippen molar-refractivity contribution in [1.82, 2.24) is 20.1 Å². The van der Waals surface area contributed by atoms with Crippen molar-refractivity contribution in [3.63, 3.8) is 0 Å². The number of carbonyl (C=O) groups excluding carboxylic acids is 1. The summed E-state index contributed by atoms with van der Waals surface area (Å²) in [7, 11) is 0. The van der Waals surface area contributed by atoms with E-state index in [1.54, 1.807) is 5.10 Å². The Labute approximate surface area is 136 Å². The molecule has 9 heteroatoms. The highest BCUT2D eigenvalue weighted by Crippen LogP contribution is 2.26. The van der Waals surface area contributed by atoms with Crippen molar-refractivity contribution in [2.75, 3.05) is 11.9 Å². The minimum absolute atomic E-state index is 0.362. The van der Waals surface area contributed by atoms with Crippen LogP contribution in [0.15, 0.2) is 30.3 Å². The smallest absolute Gasteiger partial charge is 0.292 e. The Balaban J connectivity index is 1.64. The van der Waals surface area contributed by atoms with Crippen molar-refractivity contribution in [1.29, 1.82) is 0 Å². The van der Waals surface area contributed by atoms with E-state index in [-0.39, 0.29) is 5.95 Å². The number of nitrogens with one attached hydrogen (secondary N) is 2. The largest absolute Gasteiger partial charge is 0.451 e. The molecule has 1 aliphatic heterocycles. The molecule has 1 atom stereocenters. The number of rotatable bonds is 4. The van der Waals surface area contributed by atoms with Crippen LogP contribution in [0.4, 0.5) is 19.1 Å². The Hall–Kier alpha value is -2.42. The van der Waals surface area contributed by atoms with Gasteiger partial charge in [-0.1, -0.05) is 30.3 Å². The Bertz CT molecular complexity index is 701. The van der Waals surface area contributed by atoms with Crippen molar-refractivity contribution >= 4 is 11.9 Å². The topological polar surface area (TPSA) is 73.9 Å². The van der Waals surface area contributed by atoms with Crippen molar-refractivity contribution in [2.24, 2.45) is 0 Å². The lowest BCUT2D eigenvalue weighted by Gasteiger charge is -2.23. The maximum atomic E-state index is 12.5. The van der Waals surface area contributed by atoms with Gasteiger partial charge in [-0.3, -0.25) is 20.1 Å². The fourth-order valence-electron chi connectivity index (χ4n) is 2.77. The second-order valence-electron chi connectivity index (χ2n) is 5.61. The molecular weight excluding hydrogens is 323 g/mol. The third-order valence-corrected chi connectivity index (χ3v) is 3.88. The molecule has 3 rings (SSSR count). The van der Waals surface area contributed by atoms with E-state index in [2.05, 4.69) is 15.4 Å². The Morgan fingerprint density at radius 3 is 2.75 bits per heavy atom. The maximum Gasteiger partial charge on any atom is 0.451 e. The standard InChI is InChI=1S/C15H16F3N5O/c16-15(17,18)13-20-14(22-21-13)19-12(24)11-7-4-8-23(11)9-10-5-2-1-3-6-10/h1-3,5-6,11H,4,7-9H2,(H2,19,20,21,22,24). The summed E-state index contributed by atoms with van der Waals surface area (Å²) in [5, 5.41) is 7.53. The molecule has 1 saturated heterocycles. The van der Waals surface area contributed by atoms with E-state index in [4.69, 9.17) is 0 Å². The first-order valence-corrected chi connectivity index (χ1v) is 7.52. The fourth-order valence-corrected chi connectivity index (χ4v) is 2.77. The van der Waals surface area contributed by atoms with Crippen LogP contribution in [0.2, 0.25) is 0 Å². The third-order valence-electron chi connectivity index (χ3n) is 3.88. The quantitative estimate of drug-likeness (QED) is 0.897. The van der Waals surface area contributed by atoms with Crippen LogP contribution in [-0.2, 0) is 17.5 Å². The number of nitrogens with zero attached hydrogens (tertiary/aromatic N) is 3. The van der Waals surface area contributed by atoms with E-state index >= 15 is 0 Å². The summed E-state index contributed by atoms with van der Waals surface area (Å²) < 4.78 is 37.5. The minimum Gasteiger partial charge on any atom is -0.292 e. The molecule has 24 heavy (non-hydrogen) atoms. The monoisotopic (exact) mass is 339 g/mol. The number of hydrogen-bond donors (Lipinski definition) is 2. The molecule has 1 fully saturated rings. The molecule has 0 spiro atoms. The molecule has 1 amide bonds. The van der Waals surface area contributed by atoms with Crippen molar-refractivity contribution in [3.8, 4) is 0 Å². The average molecular weight is 339 g/mol. The van der Waals surface area contributed by atoms with Gasteiger partial charge in [0.1, 0.15) is 0 Å². The van der Waals surface area contributed by atoms with E-state index in [0.717, 1.165) is 18.5 Å². The van der Waals surface area contributed by atoms with E-state index < -0.39 is 23.9 Å². The van der Waals surface area contributed by atoms with Crippen LogP contribution < -0.4 is 5.32 Å². The molecule has 2 N–H and O–H groups in total. The van der Waals surface area contributed by atoms with Crippen LogP contribution in [0.5, 0.6) is 0 Å². The number of halogens is 3. The highest BCUT2D eigenvalue weighted by Gasteiger charge is 2.36. The molecule has 1 unspecified atom stereocenters. The van der Waals surface area contributed by atoms with Crippen LogP contribution in [0.3, 0.4) is 0 Å². The summed E-state index contributed by atoms with van der Waals surface area (Å²) in [5.74, 6) is -1.99. The number of hydrogen-bond acceptors (Lipinski definition) is 4. The SMILES string of the molecule is O=C(Nc1n[nH]c(C(F)(F)F)n1)C1CCCN1Cc1ccccc1. The second-order valence-corrected chi connectivity index (χ2v) is 5.61. The summed E-state index contributed by atoms with van der Waals surface area (Å²) in [4.78, 5) is 17.6. The first kappa shape index (κ1) is 16.4. The molecule has 0 bridgehead atoms. The molecule has 0 saturated carbocycles. The molecule has 2 aromatic rings. The van der Waals surface area contributed by atoms with Crippen LogP contribution in [0.25, 0.3) is 0 Å². The third kappa shape index (κ3) is 3.73. The number of likely N-dealkylation sites (tertiary alicyclic amines) is 1. The average Bonchev–Trinajstić information content (AvgIpc) is 3.17. The number of H-pyrrole nitrogens is 1. The van der Waals surface area contributed by atoms with Gasteiger partial charge in [-0.15, -0.1) is 5.10 Å². The maximum absolute atomic E-state index is 12.5. The number of aromatic amines is 1. The lowest BCUT2D eigenvalue weighted by Crippen LogP contribution is -2.39. The zero-order valence-corrected chi connectivity index (χ0v) is 12.7. The number of anilines is 1. The van der Waals surface area contributed by atoms with E-state index in [0.29, 0.717) is 13.0 Å². The van der Waals surface area contributed by atoms with Gasteiger partial charge in [-0.25, -0.2) is 0 Å². The van der Waals surface area contributed by atoms with Crippen molar-refractivity contribution in [3.05, 3.63) is 41.7 Å². The number of carbonyl (C=O) groups is 1. The molecule has 2 heterocycles. The summed E-state index contributed by atoms with van der Waals surface area (Å²) in [5.41, 5.74) is 1.08. The predicted octanol–water partition coefficient (Wildman–Crippen LogP) is 2.43. The first-order valence-electron chi connectivity index (χ1n) is 7.52. The number of aromatic nitrogens is 3. The highest BCUT2D eigenvalue weighted by atomic mass is 19.4. The van der Waals surface area contributed by atoms with Gasteiger partial charge in [0.2, 0.25) is 17.7 Å². The molecule has 1 aromatic heterocycles. The van der Waals surface area contributed by atoms with Crippen LogP contribution >= 0.6 is 0 Å². The lowest BCUT2D eigenvalue weighted by atomic mass is 10.1. The predicted molar refractivity (Wildman–Crippen MR) is 79.9 cm³/mol. The molecule has 6 nitrogen and oxygen atoms in total. The van der Waals surface area contributed by atoms with E-state index in [1.807, 2.05) is 35.2 Å². The van der Waals surface area contributed by atoms with E-state index in [9.17, 15) is 18.0 Å². The van der Waals surface area contributed by atoms with Gasteiger partial charge in [-0.05, 0) is 24.9 Å². The van der Waals surface area contributed by atoms with E-state index in [1.165, 1.54) is 0 Å². The van der Waals surface area contributed by atoms with Gasteiger partial charge in [0.15, 0.2) is 0 Å². The molecule has 128 valence electrons. The number of benzene rings is 1. The van der Waals surface area contributed by atoms with Crippen LogP contribution in [-0.4, -0.2) is 38.6 Å². The van der Waals surface area contributed by atoms with Gasteiger partial charge in [0, 0.05) is 6.54 Å². The molecule has 0 aliphatic carbocycles. The number of alkyl halides is 3. The lowest BCUT2D eigenvalue weighted by molar-refractivity contribution is -0.144. The minimum atomic E-state index is -4.62. The zero-order valence-electron chi connectivity index (χ0n) is 12.7. The fraction of sp³-hybridized carbons (Fsp3) is 0.400. The van der Waals surface area contributed by atoms with Crippen LogP contribution in [0, 0.1) is 0 Å². The molecular formula is C15H16F3N5O. The second kappa shape index (κ2) is 6.60. The normalized spacial score (nSPS) is 18.7. The zero-order chi connectivity index (χ0) is 17.2. The summed E-state index contributed by atoms with van der Waals surface area (Å²) in [6.45, 7) is 1.37. The van der Waals surface area contributed by atoms with Gasteiger partial charge >= 0.3 is 6.18 Å². The molecule has 0 radical (unpaired) electrons. The Morgan fingerprint density at radius 2 is 2.08 bits per heavy atom. The Morgan fingerprint density at radius 1 is 1.33 bits per heavy atom. The van der Waals surface area contributed by atoms with Crippen molar-refractivity contribution in [2.45, 2.75) is 31.6 Å². The summed E-state index contributed by atoms with van der Waals surface area (Å²) >= 11 is 0. The van der Waals surface area contributed by atoms with Gasteiger partial charge in [0.25, 0.3) is 0 Å².